The molecule has 1 saturated heterocycles. The summed E-state index contributed by atoms with van der Waals surface area (Å²) in [5.74, 6) is 1.13. The lowest BCUT2D eigenvalue weighted by molar-refractivity contribution is -0.113. The fraction of sp³-hybridized carbons (Fsp3) is 0.222. The number of thioether (sulfide) groups is 1. The fourth-order valence-electron chi connectivity index (χ4n) is 2.62. The third-order valence-electron chi connectivity index (χ3n) is 3.92. The van der Waals surface area contributed by atoms with Gasteiger partial charge in [0.25, 0.3) is 5.91 Å². The van der Waals surface area contributed by atoms with Gasteiger partial charge in [0.1, 0.15) is 11.5 Å². The van der Waals surface area contributed by atoms with E-state index in [2.05, 4.69) is 9.89 Å². The average Bonchev–Trinajstić information content (AvgIpc) is 3.24. The van der Waals surface area contributed by atoms with E-state index in [1.807, 2.05) is 36.4 Å². The summed E-state index contributed by atoms with van der Waals surface area (Å²) in [6.45, 7) is 2.84. The quantitative estimate of drug-likeness (QED) is 0.746. The summed E-state index contributed by atoms with van der Waals surface area (Å²) in [4.78, 5) is 19.0. The molecule has 1 amide bonds. The summed E-state index contributed by atoms with van der Waals surface area (Å²) >= 11 is 7.29. The van der Waals surface area contributed by atoms with Gasteiger partial charge < -0.3 is 14.1 Å². The molecule has 2 aromatic rings. The molecule has 4 rings (SSSR count). The summed E-state index contributed by atoms with van der Waals surface area (Å²) in [6.07, 6.45) is 1.74. The first kappa shape index (κ1) is 16.4. The molecule has 5 nitrogen and oxygen atoms in total. The van der Waals surface area contributed by atoms with E-state index in [4.69, 9.17) is 20.8 Å². The average molecular weight is 375 g/mol. The fourth-order valence-corrected chi connectivity index (χ4v) is 3.69. The molecule has 128 valence electrons. The zero-order valence-corrected chi connectivity index (χ0v) is 14.8. The lowest BCUT2D eigenvalue weighted by atomic mass is 10.2. The van der Waals surface area contributed by atoms with E-state index in [0.717, 1.165) is 29.6 Å². The molecule has 0 N–H and O–H groups in total. The molecule has 1 aromatic heterocycles. The Morgan fingerprint density at radius 2 is 1.88 bits per heavy atom. The Morgan fingerprint density at radius 1 is 1.12 bits per heavy atom. The molecule has 0 aliphatic carbocycles. The van der Waals surface area contributed by atoms with E-state index in [1.165, 1.54) is 11.8 Å². The van der Waals surface area contributed by atoms with Crippen LogP contribution in [0.25, 0.3) is 17.4 Å². The maximum atomic E-state index is 12.2. The Bertz CT molecular complexity index is 851. The monoisotopic (exact) mass is 374 g/mol. The van der Waals surface area contributed by atoms with Crippen LogP contribution in [0.1, 0.15) is 5.76 Å². The molecular formula is C18H15ClN2O3S. The van der Waals surface area contributed by atoms with Gasteiger partial charge in [-0.25, -0.2) is 0 Å². The molecule has 3 heterocycles. The largest absolute Gasteiger partial charge is 0.457 e. The van der Waals surface area contributed by atoms with Gasteiger partial charge in [-0.15, -0.1) is 0 Å². The van der Waals surface area contributed by atoms with Gasteiger partial charge in [0.2, 0.25) is 0 Å². The highest BCUT2D eigenvalue weighted by Gasteiger charge is 2.27. The standard InChI is InChI=1S/C18H15ClN2O3S/c19-13-3-1-12(2-4-13)15-6-5-14(24-15)11-16-17(22)20-18(25-16)21-7-9-23-10-8-21/h1-6,11H,7-10H2. The molecule has 1 aromatic carbocycles. The third-order valence-corrected chi connectivity index (χ3v) is 5.22. The van der Waals surface area contributed by atoms with Crippen molar-refractivity contribution in [3.63, 3.8) is 0 Å². The molecular weight excluding hydrogens is 360 g/mol. The normalized spacial score (nSPS) is 19.6. The number of halogens is 1. The van der Waals surface area contributed by atoms with Crippen molar-refractivity contribution in [2.24, 2.45) is 4.99 Å². The van der Waals surface area contributed by atoms with Crippen LogP contribution in [0.15, 0.2) is 50.7 Å². The van der Waals surface area contributed by atoms with Gasteiger partial charge in [-0.2, -0.15) is 4.99 Å². The van der Waals surface area contributed by atoms with Gasteiger partial charge in [0.05, 0.1) is 18.1 Å². The summed E-state index contributed by atoms with van der Waals surface area (Å²) in [7, 11) is 0. The van der Waals surface area contributed by atoms with E-state index in [9.17, 15) is 4.79 Å². The predicted molar refractivity (Wildman–Crippen MR) is 99.6 cm³/mol. The van der Waals surface area contributed by atoms with Gasteiger partial charge in [0, 0.05) is 29.8 Å². The number of aliphatic imine (C=N–C) groups is 1. The van der Waals surface area contributed by atoms with Crippen LogP contribution in [0, 0.1) is 0 Å². The maximum Gasteiger partial charge on any atom is 0.286 e. The van der Waals surface area contributed by atoms with E-state index >= 15 is 0 Å². The van der Waals surface area contributed by atoms with Crippen LogP contribution in [0.2, 0.25) is 5.02 Å². The highest BCUT2D eigenvalue weighted by molar-refractivity contribution is 8.18. The topological polar surface area (TPSA) is 55.0 Å². The number of ether oxygens (including phenoxy) is 1. The SMILES string of the molecule is O=C1N=C(N2CCOCC2)SC1=Cc1ccc(-c2ccc(Cl)cc2)o1. The van der Waals surface area contributed by atoms with Crippen molar-refractivity contribution in [1.29, 1.82) is 0 Å². The minimum Gasteiger partial charge on any atom is -0.457 e. The molecule has 0 radical (unpaired) electrons. The summed E-state index contributed by atoms with van der Waals surface area (Å²) in [5.41, 5.74) is 0.935. The highest BCUT2D eigenvalue weighted by Crippen LogP contribution is 2.32. The molecule has 0 saturated carbocycles. The number of rotatable bonds is 2. The Balaban J connectivity index is 1.50. The summed E-state index contributed by atoms with van der Waals surface area (Å²) in [6, 6.07) is 11.1. The number of amidine groups is 1. The first-order valence-electron chi connectivity index (χ1n) is 7.90. The Kier molecular flexibility index (Phi) is 4.65. The Hall–Kier alpha value is -2.02. The number of hydrogen-bond donors (Lipinski definition) is 0. The van der Waals surface area contributed by atoms with E-state index < -0.39 is 0 Å². The van der Waals surface area contributed by atoms with Crippen LogP contribution in [-0.4, -0.2) is 42.3 Å². The van der Waals surface area contributed by atoms with Gasteiger partial charge in [-0.3, -0.25) is 4.79 Å². The lowest BCUT2D eigenvalue weighted by Gasteiger charge is -2.27. The Morgan fingerprint density at radius 3 is 2.64 bits per heavy atom. The van der Waals surface area contributed by atoms with E-state index in [1.54, 1.807) is 6.08 Å². The summed E-state index contributed by atoms with van der Waals surface area (Å²) in [5, 5.41) is 1.42. The van der Waals surface area contributed by atoms with Crippen LogP contribution >= 0.6 is 23.4 Å². The number of hydrogen-bond acceptors (Lipinski definition) is 5. The second-order valence-corrected chi connectivity index (χ2v) is 7.06. The van der Waals surface area contributed by atoms with Crippen molar-refractivity contribution < 1.29 is 13.9 Å². The smallest absolute Gasteiger partial charge is 0.286 e. The number of morpholine rings is 1. The van der Waals surface area contributed by atoms with Crippen LogP contribution < -0.4 is 0 Å². The molecule has 2 aliphatic rings. The number of carbonyl (C=O) groups is 1. The molecule has 7 heteroatoms. The first-order valence-corrected chi connectivity index (χ1v) is 9.09. The number of furan rings is 1. The number of carbonyl (C=O) groups excluding carboxylic acids is 1. The predicted octanol–water partition coefficient (Wildman–Crippen LogP) is 3.90. The Labute approximate surface area is 154 Å². The molecule has 0 spiro atoms. The van der Waals surface area contributed by atoms with E-state index in [0.29, 0.717) is 28.9 Å². The molecule has 1 fully saturated rings. The molecule has 0 unspecified atom stereocenters. The van der Waals surface area contributed by atoms with Gasteiger partial charge in [0.15, 0.2) is 5.17 Å². The molecule has 0 bridgehead atoms. The maximum absolute atomic E-state index is 12.2. The van der Waals surface area contributed by atoms with Crippen molar-refractivity contribution in [3.8, 4) is 11.3 Å². The van der Waals surface area contributed by atoms with Crippen molar-refractivity contribution >= 4 is 40.5 Å². The second-order valence-electron chi connectivity index (χ2n) is 5.62. The zero-order valence-electron chi connectivity index (χ0n) is 13.3. The van der Waals surface area contributed by atoms with E-state index in [-0.39, 0.29) is 5.91 Å². The molecule has 2 aliphatic heterocycles. The number of benzene rings is 1. The summed E-state index contributed by atoms with van der Waals surface area (Å²) < 4.78 is 11.2. The number of nitrogens with zero attached hydrogens (tertiary/aromatic N) is 2. The zero-order chi connectivity index (χ0) is 17.2. The van der Waals surface area contributed by atoms with Crippen molar-refractivity contribution in [3.05, 3.63) is 52.1 Å². The van der Waals surface area contributed by atoms with Gasteiger partial charge >= 0.3 is 0 Å². The van der Waals surface area contributed by atoms with Crippen LogP contribution in [0.4, 0.5) is 0 Å². The molecule has 25 heavy (non-hydrogen) atoms. The minimum absolute atomic E-state index is 0.226. The number of amides is 1. The van der Waals surface area contributed by atoms with Crippen molar-refractivity contribution in [2.45, 2.75) is 0 Å². The third kappa shape index (κ3) is 3.66. The van der Waals surface area contributed by atoms with Gasteiger partial charge in [-0.1, -0.05) is 11.6 Å². The van der Waals surface area contributed by atoms with Gasteiger partial charge in [-0.05, 0) is 48.2 Å². The second kappa shape index (κ2) is 7.07. The lowest BCUT2D eigenvalue weighted by Crippen LogP contribution is -2.38. The van der Waals surface area contributed by atoms with Crippen LogP contribution in [0.3, 0.4) is 0 Å². The van der Waals surface area contributed by atoms with Crippen molar-refractivity contribution in [2.75, 3.05) is 26.3 Å². The van der Waals surface area contributed by atoms with Crippen LogP contribution in [-0.2, 0) is 9.53 Å². The minimum atomic E-state index is -0.226. The molecule has 0 atom stereocenters. The highest BCUT2D eigenvalue weighted by atomic mass is 35.5. The van der Waals surface area contributed by atoms with Crippen LogP contribution in [0.5, 0.6) is 0 Å². The first-order chi connectivity index (χ1) is 12.2. The van der Waals surface area contributed by atoms with Crippen molar-refractivity contribution in [1.82, 2.24) is 4.90 Å².